The van der Waals surface area contributed by atoms with Gasteiger partial charge >= 0.3 is 0 Å². The molecule has 3 aromatic rings. The highest BCUT2D eigenvalue weighted by Crippen LogP contribution is 2.37. The van der Waals surface area contributed by atoms with Crippen LogP contribution in [-0.2, 0) is 14.9 Å². The molecule has 0 aromatic heterocycles. The van der Waals surface area contributed by atoms with E-state index in [-0.39, 0.29) is 21.6 Å². The Bertz CT molecular complexity index is 1410. The van der Waals surface area contributed by atoms with Gasteiger partial charge in [-0.05, 0) is 30.4 Å². The molecular weight excluding hydrogens is 452 g/mol. The van der Waals surface area contributed by atoms with Crippen molar-refractivity contribution in [3.8, 4) is 17.2 Å². The molecule has 0 saturated heterocycles. The molecule has 4 rings (SSSR count). The topological polar surface area (TPSA) is 166 Å². The molecule has 0 atom stereocenters. The van der Waals surface area contributed by atoms with Crippen LogP contribution in [0, 0.1) is 0 Å². The maximum absolute atomic E-state index is 12.0. The molecule has 0 unspecified atom stereocenters. The summed E-state index contributed by atoms with van der Waals surface area (Å²) in [6, 6.07) is 14.6. The van der Waals surface area contributed by atoms with E-state index in [2.05, 4.69) is 0 Å². The number of hydrogen-bond acceptors (Lipinski definition) is 8. The summed E-state index contributed by atoms with van der Waals surface area (Å²) in [4.78, 5) is 34.1. The van der Waals surface area contributed by atoms with E-state index in [0.717, 1.165) is 12.1 Å². The molecule has 0 spiro atoms. The van der Waals surface area contributed by atoms with E-state index in [4.69, 9.17) is 9.66 Å². The van der Waals surface area contributed by atoms with Crippen LogP contribution >= 0.6 is 0 Å². The van der Waals surface area contributed by atoms with Crippen LogP contribution in [0.1, 0.15) is 31.8 Å². The lowest BCUT2D eigenvalue weighted by molar-refractivity contribution is -0.110. The molecule has 1 aliphatic rings. The van der Waals surface area contributed by atoms with E-state index < -0.39 is 44.7 Å². The molecular formula is C23H16O9S. The smallest absolute Gasteiger partial charge is 0.295 e. The van der Waals surface area contributed by atoms with Gasteiger partial charge in [-0.25, -0.2) is 0 Å². The molecule has 0 aliphatic heterocycles. The number of allylic oxidation sites excluding steroid dienone is 1. The van der Waals surface area contributed by atoms with Gasteiger partial charge in [-0.1, -0.05) is 42.5 Å². The first-order chi connectivity index (χ1) is 15.5. The van der Waals surface area contributed by atoms with E-state index >= 15 is 0 Å². The summed E-state index contributed by atoms with van der Waals surface area (Å²) in [5, 5.41) is 28.1. The zero-order valence-corrected chi connectivity index (χ0v) is 17.5. The Labute approximate surface area is 187 Å². The minimum absolute atomic E-state index is 0.0115. The van der Waals surface area contributed by atoms with Crippen molar-refractivity contribution in [3.63, 3.8) is 0 Å². The second-order valence-electron chi connectivity index (χ2n) is 6.74. The largest absolute Gasteiger partial charge is 0.504 e. The van der Waals surface area contributed by atoms with Gasteiger partial charge in [0.05, 0.1) is 5.56 Å². The highest BCUT2D eigenvalue weighted by Gasteiger charge is 2.26. The van der Waals surface area contributed by atoms with Crippen molar-refractivity contribution in [2.24, 2.45) is 0 Å². The number of rotatable bonds is 3. The van der Waals surface area contributed by atoms with Crippen molar-refractivity contribution >= 4 is 33.5 Å². The van der Waals surface area contributed by atoms with E-state index in [1.807, 2.05) is 0 Å². The maximum Gasteiger partial charge on any atom is 0.295 e. The third-order valence-electron chi connectivity index (χ3n) is 4.62. The number of aromatic hydroxyl groups is 3. The summed E-state index contributed by atoms with van der Waals surface area (Å²) in [7, 11) is -4.40. The molecule has 9 nitrogen and oxygen atoms in total. The molecule has 168 valence electrons. The Morgan fingerprint density at radius 2 is 1.42 bits per heavy atom. The van der Waals surface area contributed by atoms with Gasteiger partial charge in [-0.15, -0.1) is 0 Å². The Balaban J connectivity index is 0.000000186. The van der Waals surface area contributed by atoms with Crippen molar-refractivity contribution in [3.05, 3.63) is 89.0 Å². The van der Waals surface area contributed by atoms with Crippen LogP contribution in [0.4, 0.5) is 0 Å². The number of Topliss-reactive ketones (excluding diaryl/α,β-unsaturated/α-hetero) is 1. The molecule has 4 N–H and O–H groups in total. The second kappa shape index (κ2) is 9.07. The third-order valence-corrected chi connectivity index (χ3v) is 5.54. The Morgan fingerprint density at radius 3 is 2.06 bits per heavy atom. The Morgan fingerprint density at radius 1 is 0.758 bits per heavy atom. The predicted molar refractivity (Wildman–Crippen MR) is 116 cm³/mol. The first-order valence-electron chi connectivity index (χ1n) is 9.23. The lowest BCUT2D eigenvalue weighted by atomic mass is 9.95. The number of hydrogen-bond donors (Lipinski definition) is 4. The monoisotopic (exact) mass is 468 g/mol. The van der Waals surface area contributed by atoms with Gasteiger partial charge in [0.2, 0.25) is 17.3 Å². The van der Waals surface area contributed by atoms with E-state index in [1.54, 1.807) is 30.3 Å². The number of phenolic OH excluding ortho intramolecular Hbond substituents is 3. The summed E-state index contributed by atoms with van der Waals surface area (Å²) in [6.45, 7) is 0. The van der Waals surface area contributed by atoms with Crippen LogP contribution in [0.25, 0.3) is 6.08 Å². The average molecular weight is 468 g/mol. The molecule has 0 heterocycles. The molecule has 0 radical (unpaired) electrons. The van der Waals surface area contributed by atoms with Crippen molar-refractivity contribution in [1.29, 1.82) is 0 Å². The van der Waals surface area contributed by atoms with Crippen LogP contribution in [0.3, 0.4) is 0 Å². The quantitative estimate of drug-likeness (QED) is 0.196. The van der Waals surface area contributed by atoms with Gasteiger partial charge < -0.3 is 15.3 Å². The number of phenols is 3. The average Bonchev–Trinajstić information content (AvgIpc) is 2.80. The highest BCUT2D eigenvalue weighted by molar-refractivity contribution is 7.86. The molecule has 10 heteroatoms. The van der Waals surface area contributed by atoms with E-state index in [9.17, 15) is 33.0 Å². The molecule has 0 saturated carbocycles. The minimum Gasteiger partial charge on any atom is -0.504 e. The van der Waals surface area contributed by atoms with Gasteiger partial charge in [0.1, 0.15) is 4.90 Å². The fourth-order valence-electron chi connectivity index (χ4n) is 3.00. The van der Waals surface area contributed by atoms with Crippen molar-refractivity contribution in [2.75, 3.05) is 0 Å². The van der Waals surface area contributed by atoms with Crippen LogP contribution in [0.2, 0.25) is 0 Å². The number of carbonyl (C=O) groups excluding carboxylic acids is 3. The molecule has 0 amide bonds. The highest BCUT2D eigenvalue weighted by atomic mass is 32.2. The van der Waals surface area contributed by atoms with Gasteiger partial charge in [0.15, 0.2) is 17.3 Å². The summed E-state index contributed by atoms with van der Waals surface area (Å²) < 4.78 is 31.0. The van der Waals surface area contributed by atoms with Crippen LogP contribution in [0.5, 0.6) is 17.2 Å². The SMILES string of the molecule is O=C(c1ccccc1)c1ccc(O)c(O)c1O.O=C1C=Cc2c(cccc2S(=O)(=O)O)C1=O. The van der Waals surface area contributed by atoms with Gasteiger partial charge in [-0.3, -0.25) is 18.9 Å². The zero-order chi connectivity index (χ0) is 24.3. The summed E-state index contributed by atoms with van der Waals surface area (Å²) in [6.07, 6.45) is 2.20. The number of ketones is 3. The molecule has 33 heavy (non-hydrogen) atoms. The molecule has 0 bridgehead atoms. The predicted octanol–water partition coefficient (Wildman–Crippen LogP) is 2.75. The van der Waals surface area contributed by atoms with E-state index in [1.165, 1.54) is 30.3 Å². The van der Waals surface area contributed by atoms with Crippen LogP contribution < -0.4 is 0 Å². The van der Waals surface area contributed by atoms with Gasteiger partial charge in [0, 0.05) is 16.7 Å². The molecule has 3 aromatic carbocycles. The van der Waals surface area contributed by atoms with E-state index in [0.29, 0.717) is 5.56 Å². The first-order valence-corrected chi connectivity index (χ1v) is 10.7. The molecule has 0 fully saturated rings. The fraction of sp³-hybridized carbons (Fsp3) is 0. The normalized spacial score (nSPS) is 12.5. The summed E-state index contributed by atoms with van der Waals surface area (Å²) in [5.41, 5.74) is 0.386. The van der Waals surface area contributed by atoms with Gasteiger partial charge in [-0.2, -0.15) is 8.42 Å². The van der Waals surface area contributed by atoms with Gasteiger partial charge in [0.25, 0.3) is 10.1 Å². The number of carbonyl (C=O) groups is 3. The standard InChI is InChI=1S/C13H10O4.C10H6O5S/c14-10-7-6-9(12(16)13(10)17)11(15)8-4-2-1-3-5-8;11-8-5-4-6-7(10(8)12)2-1-3-9(6)16(13,14)15/h1-7,14,16-17H;1-5H,(H,13,14,15). The fourth-order valence-corrected chi connectivity index (χ4v) is 3.71. The van der Waals surface area contributed by atoms with Crippen LogP contribution in [-0.4, -0.2) is 45.6 Å². The lowest BCUT2D eigenvalue weighted by Gasteiger charge is -2.10. The first kappa shape index (κ1) is 23.4. The maximum atomic E-state index is 12.0. The Kier molecular flexibility index (Phi) is 6.43. The molecule has 1 aliphatic carbocycles. The second-order valence-corrected chi connectivity index (χ2v) is 8.13. The number of fused-ring (bicyclic) bond motifs is 1. The number of benzene rings is 3. The van der Waals surface area contributed by atoms with Crippen molar-refractivity contribution in [1.82, 2.24) is 0 Å². The Hall–Kier alpha value is -4.28. The summed E-state index contributed by atoms with van der Waals surface area (Å²) in [5.74, 6) is -3.67. The zero-order valence-electron chi connectivity index (χ0n) is 16.7. The minimum atomic E-state index is -4.40. The van der Waals surface area contributed by atoms with Crippen molar-refractivity contribution < 1.29 is 42.7 Å². The summed E-state index contributed by atoms with van der Waals surface area (Å²) >= 11 is 0. The van der Waals surface area contributed by atoms with Crippen molar-refractivity contribution in [2.45, 2.75) is 4.90 Å². The van der Waals surface area contributed by atoms with Crippen LogP contribution in [0.15, 0.2) is 71.6 Å². The third kappa shape index (κ3) is 4.81. The lowest BCUT2D eigenvalue weighted by Crippen LogP contribution is -2.18.